The molecule has 0 aliphatic heterocycles. The Morgan fingerprint density at radius 1 is 0.953 bits per heavy atom. The van der Waals surface area contributed by atoms with Crippen molar-refractivity contribution >= 4 is 43.8 Å². The van der Waals surface area contributed by atoms with E-state index in [1.807, 2.05) is 31.2 Å². The van der Waals surface area contributed by atoms with E-state index in [1.54, 1.807) is 36.4 Å². The van der Waals surface area contributed by atoms with Gasteiger partial charge in [-0.25, -0.2) is 17.8 Å². The van der Waals surface area contributed by atoms with Gasteiger partial charge in [0.25, 0.3) is 5.91 Å². The van der Waals surface area contributed by atoms with Gasteiger partial charge in [0.2, 0.25) is 15.9 Å². The van der Waals surface area contributed by atoms with Crippen molar-refractivity contribution in [3.05, 3.63) is 101 Å². The van der Waals surface area contributed by atoms with Gasteiger partial charge in [-0.3, -0.25) is 9.10 Å². The molecular weight excluding hydrogens is 571 g/mol. The van der Waals surface area contributed by atoms with Gasteiger partial charge < -0.3 is 14.2 Å². The van der Waals surface area contributed by atoms with Gasteiger partial charge in [-0.2, -0.15) is 4.98 Å². The molecule has 1 amide bonds. The molecule has 0 saturated carbocycles. The van der Waals surface area contributed by atoms with E-state index in [0.717, 1.165) is 21.7 Å². The van der Waals surface area contributed by atoms with Gasteiger partial charge in [0.1, 0.15) is 17.2 Å². The summed E-state index contributed by atoms with van der Waals surface area (Å²) in [6, 6.07) is 20.4. The molecule has 3 aromatic heterocycles. The van der Waals surface area contributed by atoms with Crippen LogP contribution in [0.25, 0.3) is 44.8 Å². The highest BCUT2D eigenvalue weighted by Crippen LogP contribution is 2.41. The van der Waals surface area contributed by atoms with Gasteiger partial charge in [0.05, 0.1) is 23.2 Å². The molecule has 43 heavy (non-hydrogen) atoms. The predicted molar refractivity (Wildman–Crippen MR) is 163 cm³/mol. The molecule has 11 heteroatoms. The molecule has 218 valence electrons. The minimum Gasteiger partial charge on any atom is -0.455 e. The summed E-state index contributed by atoms with van der Waals surface area (Å²) >= 11 is 0. The van der Waals surface area contributed by atoms with Gasteiger partial charge in [0, 0.05) is 43.1 Å². The van der Waals surface area contributed by atoms with Crippen molar-refractivity contribution in [1.29, 1.82) is 0 Å². The largest absolute Gasteiger partial charge is 0.455 e. The SMILES string of the molecule is CNC(=O)c1c(-c2ccc(C)cc2)oc2cc(N(C)S(C)(=O)=O)c(-c3ccc4oc(Cc5ccc(F)cc5)nc4n3)cc12. The molecule has 0 aliphatic rings. The van der Waals surface area contributed by atoms with Gasteiger partial charge in [-0.15, -0.1) is 0 Å². The molecule has 0 aliphatic carbocycles. The van der Waals surface area contributed by atoms with Crippen molar-refractivity contribution in [2.75, 3.05) is 24.7 Å². The Hall–Kier alpha value is -5.03. The van der Waals surface area contributed by atoms with Crippen LogP contribution in [0.15, 0.2) is 81.6 Å². The zero-order valence-electron chi connectivity index (χ0n) is 23.8. The highest BCUT2D eigenvalue weighted by Gasteiger charge is 2.26. The van der Waals surface area contributed by atoms with E-state index in [-0.39, 0.29) is 11.7 Å². The van der Waals surface area contributed by atoms with Crippen LogP contribution in [0.3, 0.4) is 0 Å². The van der Waals surface area contributed by atoms with Crippen LogP contribution in [0.5, 0.6) is 0 Å². The van der Waals surface area contributed by atoms with Crippen LogP contribution in [0, 0.1) is 12.7 Å². The molecule has 0 spiro atoms. The summed E-state index contributed by atoms with van der Waals surface area (Å²) < 4.78 is 52.0. The molecule has 0 atom stereocenters. The second-order valence-corrected chi connectivity index (χ2v) is 12.3. The number of hydrogen-bond acceptors (Lipinski definition) is 7. The van der Waals surface area contributed by atoms with E-state index in [0.29, 0.717) is 68.3 Å². The minimum absolute atomic E-state index is 0.310. The number of nitrogens with zero attached hydrogens (tertiary/aromatic N) is 3. The molecule has 0 saturated heterocycles. The molecule has 0 unspecified atom stereocenters. The number of nitrogens with one attached hydrogen (secondary N) is 1. The van der Waals surface area contributed by atoms with Gasteiger partial charge in [-0.05, 0) is 42.8 Å². The summed E-state index contributed by atoms with van der Waals surface area (Å²) in [7, 11) is -0.707. The molecule has 0 bridgehead atoms. The molecule has 6 rings (SSSR count). The van der Waals surface area contributed by atoms with Crippen molar-refractivity contribution in [1.82, 2.24) is 15.3 Å². The standard InChI is InChI=1S/C32H27FN4O5S/c1-18-5-9-20(10-6-18)30-29(32(38)34-2)23-16-22(25(17-27(23)42-30)37(3)43(4,39)40)24-13-14-26-31(35-24)36-28(41-26)15-19-7-11-21(33)12-8-19/h5-14,16-17H,15H2,1-4H3,(H,34,38). The third-order valence-electron chi connectivity index (χ3n) is 7.25. The number of furan rings is 1. The van der Waals surface area contributed by atoms with Crippen molar-refractivity contribution in [2.45, 2.75) is 13.3 Å². The first-order chi connectivity index (χ1) is 20.5. The highest BCUT2D eigenvalue weighted by molar-refractivity contribution is 7.92. The number of aromatic nitrogens is 2. The number of fused-ring (bicyclic) bond motifs is 2. The second-order valence-electron chi connectivity index (χ2n) is 10.3. The Kier molecular flexibility index (Phi) is 6.97. The van der Waals surface area contributed by atoms with Crippen molar-refractivity contribution < 1.29 is 26.4 Å². The predicted octanol–water partition coefficient (Wildman–Crippen LogP) is 6.10. The highest BCUT2D eigenvalue weighted by atomic mass is 32.2. The minimum atomic E-state index is -3.69. The lowest BCUT2D eigenvalue weighted by Crippen LogP contribution is -2.25. The van der Waals surface area contributed by atoms with Gasteiger partial charge >= 0.3 is 0 Å². The Balaban J connectivity index is 1.53. The monoisotopic (exact) mass is 598 g/mol. The molecule has 3 aromatic carbocycles. The topological polar surface area (TPSA) is 119 Å². The summed E-state index contributed by atoms with van der Waals surface area (Å²) in [6.07, 6.45) is 1.44. The number of halogens is 1. The number of carbonyl (C=O) groups is 1. The van der Waals surface area contributed by atoms with Crippen LogP contribution < -0.4 is 9.62 Å². The molecule has 1 N–H and O–H groups in total. The summed E-state index contributed by atoms with van der Waals surface area (Å²) in [4.78, 5) is 22.4. The van der Waals surface area contributed by atoms with Crippen molar-refractivity contribution in [3.63, 3.8) is 0 Å². The van der Waals surface area contributed by atoms with Crippen molar-refractivity contribution in [3.8, 4) is 22.6 Å². The maximum atomic E-state index is 13.3. The fraction of sp³-hybridized carbons (Fsp3) is 0.156. The van der Waals surface area contributed by atoms with Gasteiger partial charge in [-0.1, -0.05) is 42.0 Å². The number of anilines is 1. The Labute approximate surface area is 247 Å². The number of amides is 1. The first-order valence-corrected chi connectivity index (χ1v) is 15.2. The average molecular weight is 599 g/mol. The maximum absolute atomic E-state index is 13.3. The van der Waals surface area contributed by atoms with E-state index in [4.69, 9.17) is 13.8 Å². The number of sulfonamides is 1. The third-order valence-corrected chi connectivity index (χ3v) is 8.44. The first-order valence-electron chi connectivity index (χ1n) is 13.4. The second kappa shape index (κ2) is 10.7. The number of hydrogen-bond donors (Lipinski definition) is 1. The van der Waals surface area contributed by atoms with E-state index < -0.39 is 10.0 Å². The van der Waals surface area contributed by atoms with E-state index in [9.17, 15) is 17.6 Å². The van der Waals surface area contributed by atoms with Gasteiger partial charge in [0.15, 0.2) is 11.2 Å². The number of carbonyl (C=O) groups excluding carboxylic acids is 1. The Bertz CT molecular complexity index is 2120. The number of oxazole rings is 1. The van der Waals surface area contributed by atoms with Crippen LogP contribution in [0.2, 0.25) is 0 Å². The maximum Gasteiger partial charge on any atom is 0.255 e. The van der Waals surface area contributed by atoms with E-state index in [2.05, 4.69) is 10.3 Å². The number of pyridine rings is 1. The zero-order valence-corrected chi connectivity index (χ0v) is 24.6. The van der Waals surface area contributed by atoms with Crippen LogP contribution in [0.4, 0.5) is 10.1 Å². The zero-order chi connectivity index (χ0) is 30.5. The number of aryl methyl sites for hydroxylation is 1. The molecular formula is C32H27FN4O5S. The normalized spacial score (nSPS) is 11.7. The Morgan fingerprint density at radius 2 is 1.67 bits per heavy atom. The fourth-order valence-corrected chi connectivity index (χ4v) is 5.41. The summed E-state index contributed by atoms with van der Waals surface area (Å²) in [6.45, 7) is 1.96. The fourth-order valence-electron chi connectivity index (χ4n) is 4.90. The molecule has 0 fully saturated rings. The summed E-state index contributed by atoms with van der Waals surface area (Å²) in [5.41, 5.74) is 5.18. The van der Waals surface area contributed by atoms with Crippen LogP contribution in [0.1, 0.15) is 27.4 Å². The quantitative estimate of drug-likeness (QED) is 0.236. The van der Waals surface area contributed by atoms with Crippen molar-refractivity contribution in [2.24, 2.45) is 0 Å². The molecule has 0 radical (unpaired) electrons. The lowest BCUT2D eigenvalue weighted by molar-refractivity contribution is 0.0964. The van der Waals surface area contributed by atoms with Crippen LogP contribution in [-0.4, -0.2) is 44.6 Å². The van der Waals surface area contributed by atoms with E-state index >= 15 is 0 Å². The first kappa shape index (κ1) is 28.1. The number of rotatable bonds is 7. The lowest BCUT2D eigenvalue weighted by Gasteiger charge is -2.20. The lowest BCUT2D eigenvalue weighted by atomic mass is 10.0. The molecule has 3 heterocycles. The molecule has 9 nitrogen and oxygen atoms in total. The van der Waals surface area contributed by atoms with Crippen LogP contribution in [-0.2, 0) is 16.4 Å². The van der Waals surface area contributed by atoms with Crippen LogP contribution >= 0.6 is 0 Å². The average Bonchev–Trinajstić information content (AvgIpc) is 3.56. The smallest absolute Gasteiger partial charge is 0.255 e. The summed E-state index contributed by atoms with van der Waals surface area (Å²) in [5.74, 6) is 0.0805. The summed E-state index contributed by atoms with van der Waals surface area (Å²) in [5, 5.41) is 3.18. The van der Waals surface area contributed by atoms with E-state index in [1.165, 1.54) is 26.2 Å². The third kappa shape index (κ3) is 5.35. The molecule has 6 aromatic rings. The number of benzene rings is 3. The Morgan fingerprint density at radius 3 is 2.35 bits per heavy atom.